The van der Waals surface area contributed by atoms with Gasteiger partial charge in [-0.1, -0.05) is 20.8 Å². The van der Waals surface area contributed by atoms with E-state index in [0.29, 0.717) is 5.92 Å². The Bertz CT molecular complexity index is 91.6. The van der Waals surface area contributed by atoms with Gasteiger partial charge in [0, 0.05) is 6.61 Å². The Morgan fingerprint density at radius 3 is 2.18 bits per heavy atom. The summed E-state index contributed by atoms with van der Waals surface area (Å²) in [5.41, 5.74) is 0. The molecule has 2 heteroatoms. The van der Waals surface area contributed by atoms with Crippen LogP contribution in [0.4, 0.5) is 0 Å². The highest BCUT2D eigenvalue weighted by Crippen LogP contribution is 2.04. The fraction of sp³-hybridized carbons (Fsp3) is 1.00. The zero-order chi connectivity index (χ0) is 8.85. The highest BCUT2D eigenvalue weighted by molar-refractivity contribution is 4.61. The van der Waals surface area contributed by atoms with Crippen LogP contribution in [-0.2, 0) is 4.74 Å². The summed E-state index contributed by atoms with van der Waals surface area (Å²) in [6.45, 7) is 8.81. The van der Waals surface area contributed by atoms with Crippen molar-refractivity contribution in [3.63, 3.8) is 0 Å². The smallest absolute Gasteiger partial charge is 0.0805 e. The van der Waals surface area contributed by atoms with E-state index >= 15 is 0 Å². The Morgan fingerprint density at radius 2 is 1.82 bits per heavy atom. The molecule has 0 aliphatic heterocycles. The topological polar surface area (TPSA) is 29.5 Å². The Labute approximate surface area is 69.6 Å². The molecule has 0 aliphatic carbocycles. The summed E-state index contributed by atoms with van der Waals surface area (Å²) in [5, 5.41) is 9.31. The summed E-state index contributed by atoms with van der Waals surface area (Å²) in [6.07, 6.45) is 0.426. The van der Waals surface area contributed by atoms with Crippen LogP contribution < -0.4 is 0 Å². The van der Waals surface area contributed by atoms with Crippen LogP contribution in [0.25, 0.3) is 0 Å². The number of rotatable bonds is 5. The summed E-state index contributed by atoms with van der Waals surface area (Å²) >= 11 is 0. The van der Waals surface area contributed by atoms with E-state index in [0.717, 1.165) is 13.0 Å². The number of hydrogen-bond donors (Lipinski definition) is 1. The van der Waals surface area contributed by atoms with Gasteiger partial charge in [-0.15, -0.1) is 0 Å². The van der Waals surface area contributed by atoms with E-state index in [2.05, 4.69) is 13.8 Å². The lowest BCUT2D eigenvalue weighted by atomic mass is 10.2. The first-order valence-electron chi connectivity index (χ1n) is 4.37. The van der Waals surface area contributed by atoms with Crippen LogP contribution in [0, 0.1) is 5.92 Å². The predicted molar refractivity (Wildman–Crippen MR) is 46.5 cm³/mol. The second-order valence-corrected chi connectivity index (χ2v) is 3.41. The van der Waals surface area contributed by atoms with Gasteiger partial charge < -0.3 is 9.84 Å². The van der Waals surface area contributed by atoms with Crippen LogP contribution in [0.5, 0.6) is 0 Å². The molecule has 11 heavy (non-hydrogen) atoms. The van der Waals surface area contributed by atoms with Gasteiger partial charge in [0.25, 0.3) is 0 Å². The van der Waals surface area contributed by atoms with Crippen LogP contribution in [0.2, 0.25) is 0 Å². The van der Waals surface area contributed by atoms with Crippen molar-refractivity contribution in [3.8, 4) is 0 Å². The van der Waals surface area contributed by atoms with Gasteiger partial charge in [0.15, 0.2) is 0 Å². The molecule has 2 atom stereocenters. The van der Waals surface area contributed by atoms with E-state index in [1.165, 1.54) is 0 Å². The molecule has 0 aromatic heterocycles. The average molecular weight is 160 g/mol. The molecular weight excluding hydrogens is 140 g/mol. The second-order valence-electron chi connectivity index (χ2n) is 3.41. The molecule has 0 radical (unpaired) electrons. The van der Waals surface area contributed by atoms with E-state index in [-0.39, 0.29) is 12.2 Å². The van der Waals surface area contributed by atoms with Crippen LogP contribution in [0.3, 0.4) is 0 Å². The number of ether oxygens (including phenoxy) is 1. The van der Waals surface area contributed by atoms with Crippen LogP contribution in [-0.4, -0.2) is 23.9 Å². The van der Waals surface area contributed by atoms with Gasteiger partial charge in [0.05, 0.1) is 12.2 Å². The van der Waals surface area contributed by atoms with Gasteiger partial charge >= 0.3 is 0 Å². The molecule has 2 nitrogen and oxygen atoms in total. The SMILES string of the molecule is CCC(O)C(C)OCC(C)C. The van der Waals surface area contributed by atoms with E-state index in [1.807, 2.05) is 13.8 Å². The third-order valence-electron chi connectivity index (χ3n) is 1.65. The van der Waals surface area contributed by atoms with Crippen molar-refractivity contribution in [2.75, 3.05) is 6.61 Å². The van der Waals surface area contributed by atoms with Crippen molar-refractivity contribution in [2.45, 2.75) is 46.3 Å². The molecular formula is C9H20O2. The molecule has 0 aromatic carbocycles. The van der Waals surface area contributed by atoms with E-state index in [4.69, 9.17) is 4.74 Å². The van der Waals surface area contributed by atoms with Crippen molar-refractivity contribution in [3.05, 3.63) is 0 Å². The van der Waals surface area contributed by atoms with E-state index < -0.39 is 0 Å². The summed E-state index contributed by atoms with van der Waals surface area (Å²) in [7, 11) is 0. The third kappa shape index (κ3) is 5.22. The molecule has 2 unspecified atom stereocenters. The normalized spacial score (nSPS) is 16.9. The van der Waals surface area contributed by atoms with E-state index in [1.54, 1.807) is 0 Å². The molecule has 0 bridgehead atoms. The number of aliphatic hydroxyl groups excluding tert-OH is 1. The van der Waals surface area contributed by atoms with Gasteiger partial charge in [-0.2, -0.15) is 0 Å². The minimum Gasteiger partial charge on any atom is -0.390 e. The minimum atomic E-state index is -0.311. The van der Waals surface area contributed by atoms with Crippen LogP contribution >= 0.6 is 0 Å². The molecule has 0 spiro atoms. The minimum absolute atomic E-state index is 0.0256. The van der Waals surface area contributed by atoms with Crippen molar-refractivity contribution < 1.29 is 9.84 Å². The molecule has 0 heterocycles. The van der Waals surface area contributed by atoms with Crippen molar-refractivity contribution in [2.24, 2.45) is 5.92 Å². The van der Waals surface area contributed by atoms with E-state index in [9.17, 15) is 5.11 Å². The van der Waals surface area contributed by atoms with Gasteiger partial charge in [0.2, 0.25) is 0 Å². The molecule has 0 saturated heterocycles. The molecule has 68 valence electrons. The maximum Gasteiger partial charge on any atom is 0.0805 e. The zero-order valence-electron chi connectivity index (χ0n) is 8.00. The summed E-state index contributed by atoms with van der Waals surface area (Å²) in [6, 6.07) is 0. The Kier molecular flexibility index (Phi) is 5.51. The van der Waals surface area contributed by atoms with Gasteiger partial charge in [-0.25, -0.2) is 0 Å². The van der Waals surface area contributed by atoms with Crippen molar-refractivity contribution >= 4 is 0 Å². The van der Waals surface area contributed by atoms with Gasteiger partial charge in [-0.05, 0) is 19.3 Å². The Balaban J connectivity index is 3.43. The summed E-state index contributed by atoms with van der Waals surface area (Å²) < 4.78 is 5.41. The Morgan fingerprint density at radius 1 is 1.27 bits per heavy atom. The first-order valence-corrected chi connectivity index (χ1v) is 4.37. The molecule has 0 aromatic rings. The molecule has 0 rings (SSSR count). The van der Waals surface area contributed by atoms with Crippen molar-refractivity contribution in [1.82, 2.24) is 0 Å². The third-order valence-corrected chi connectivity index (χ3v) is 1.65. The summed E-state index contributed by atoms with van der Waals surface area (Å²) in [5.74, 6) is 0.543. The molecule has 0 saturated carbocycles. The molecule has 0 fully saturated rings. The molecule has 0 amide bonds. The number of aliphatic hydroxyl groups is 1. The van der Waals surface area contributed by atoms with Crippen molar-refractivity contribution in [1.29, 1.82) is 0 Å². The van der Waals surface area contributed by atoms with Crippen LogP contribution in [0.1, 0.15) is 34.1 Å². The maximum atomic E-state index is 9.31. The lowest BCUT2D eigenvalue weighted by Crippen LogP contribution is -2.26. The largest absolute Gasteiger partial charge is 0.390 e. The monoisotopic (exact) mass is 160 g/mol. The maximum absolute atomic E-state index is 9.31. The lowest BCUT2D eigenvalue weighted by Gasteiger charge is -2.18. The van der Waals surface area contributed by atoms with Gasteiger partial charge in [-0.3, -0.25) is 0 Å². The average Bonchev–Trinajstić information content (AvgIpc) is 1.98. The fourth-order valence-electron chi connectivity index (χ4n) is 0.787. The number of hydrogen-bond acceptors (Lipinski definition) is 2. The molecule has 1 N–H and O–H groups in total. The zero-order valence-corrected chi connectivity index (χ0v) is 8.00. The first kappa shape index (κ1) is 10.9. The predicted octanol–water partition coefficient (Wildman–Crippen LogP) is 1.82. The van der Waals surface area contributed by atoms with Gasteiger partial charge in [0.1, 0.15) is 0 Å². The highest BCUT2D eigenvalue weighted by atomic mass is 16.5. The second kappa shape index (κ2) is 5.56. The lowest BCUT2D eigenvalue weighted by molar-refractivity contribution is -0.0367. The Hall–Kier alpha value is -0.0800. The fourth-order valence-corrected chi connectivity index (χ4v) is 0.787. The highest BCUT2D eigenvalue weighted by Gasteiger charge is 2.12. The summed E-state index contributed by atoms with van der Waals surface area (Å²) in [4.78, 5) is 0. The first-order chi connectivity index (χ1) is 5.07. The molecule has 0 aliphatic rings. The standard InChI is InChI=1S/C9H20O2/c1-5-9(10)8(4)11-6-7(2)3/h7-10H,5-6H2,1-4H3. The quantitative estimate of drug-likeness (QED) is 0.664. The van der Waals surface area contributed by atoms with Crippen LogP contribution in [0.15, 0.2) is 0 Å².